The molecule has 1 saturated carbocycles. The first-order valence-electron chi connectivity index (χ1n) is 8.26. The van der Waals surface area contributed by atoms with E-state index in [4.69, 9.17) is 4.74 Å². The number of hydrogen-bond acceptors (Lipinski definition) is 3. The van der Waals surface area contributed by atoms with Crippen LogP contribution < -0.4 is 10.1 Å². The second kappa shape index (κ2) is 8.79. The number of nitrogens with one attached hydrogen (secondary N) is 1. The van der Waals surface area contributed by atoms with Crippen molar-refractivity contribution in [2.75, 3.05) is 13.7 Å². The van der Waals surface area contributed by atoms with E-state index in [1.807, 2.05) is 24.3 Å². The molecule has 1 atom stereocenters. The van der Waals surface area contributed by atoms with E-state index in [0.717, 1.165) is 24.2 Å². The fourth-order valence-corrected chi connectivity index (χ4v) is 3.04. The highest BCUT2D eigenvalue weighted by Gasteiger charge is 2.21. The minimum atomic E-state index is -0.398. The summed E-state index contributed by atoms with van der Waals surface area (Å²) in [6.07, 6.45) is 6.60. The molecule has 0 saturated heterocycles. The van der Waals surface area contributed by atoms with Gasteiger partial charge in [0.2, 0.25) is 5.91 Å². The quantitative estimate of drug-likeness (QED) is 0.814. The summed E-state index contributed by atoms with van der Waals surface area (Å²) >= 11 is 0. The molecule has 1 amide bonds. The number of benzene rings is 1. The number of carbonyl (C=O) groups is 1. The third-order valence-corrected chi connectivity index (χ3v) is 4.50. The third-order valence-electron chi connectivity index (χ3n) is 4.50. The number of ether oxygens (including phenoxy) is 1. The van der Waals surface area contributed by atoms with E-state index < -0.39 is 6.10 Å². The summed E-state index contributed by atoms with van der Waals surface area (Å²) in [5.74, 6) is 1.19. The van der Waals surface area contributed by atoms with Gasteiger partial charge in [0.25, 0.3) is 0 Å². The molecule has 1 aromatic rings. The van der Waals surface area contributed by atoms with E-state index in [9.17, 15) is 9.90 Å². The van der Waals surface area contributed by atoms with Gasteiger partial charge in [-0.2, -0.15) is 0 Å². The van der Waals surface area contributed by atoms with Crippen molar-refractivity contribution in [3.05, 3.63) is 29.8 Å². The minimum absolute atomic E-state index is 0.00526. The Morgan fingerprint density at radius 3 is 2.59 bits per heavy atom. The van der Waals surface area contributed by atoms with E-state index >= 15 is 0 Å². The zero-order valence-electron chi connectivity index (χ0n) is 13.4. The fourth-order valence-electron chi connectivity index (χ4n) is 3.04. The monoisotopic (exact) mass is 305 g/mol. The van der Waals surface area contributed by atoms with Gasteiger partial charge in [-0.25, -0.2) is 0 Å². The zero-order chi connectivity index (χ0) is 15.8. The molecule has 0 radical (unpaired) electrons. The average molecular weight is 305 g/mol. The fraction of sp³-hybridized carbons (Fsp3) is 0.611. The zero-order valence-corrected chi connectivity index (χ0v) is 13.4. The molecule has 2 rings (SSSR count). The molecule has 1 aromatic carbocycles. The molecular formula is C18H27NO3. The summed E-state index contributed by atoms with van der Waals surface area (Å²) in [7, 11) is 1.64. The standard InChI is InChI=1S/C18H27NO3/c1-22-16-10-7-14(8-11-16)9-12-18(21)19-13-17(20)15-5-3-2-4-6-15/h7-8,10-11,15,17,20H,2-6,9,12-13H2,1H3,(H,19,21)/t17-/m0/s1. The van der Waals surface area contributed by atoms with Crippen LogP contribution in [-0.4, -0.2) is 30.8 Å². The summed E-state index contributed by atoms with van der Waals surface area (Å²) in [6, 6.07) is 7.76. The first-order valence-corrected chi connectivity index (χ1v) is 8.26. The summed E-state index contributed by atoms with van der Waals surface area (Å²) < 4.78 is 5.11. The summed E-state index contributed by atoms with van der Waals surface area (Å²) in [6.45, 7) is 0.381. The Bertz CT molecular complexity index is 452. The van der Waals surface area contributed by atoms with Gasteiger partial charge in [0.15, 0.2) is 0 Å². The molecule has 22 heavy (non-hydrogen) atoms. The maximum atomic E-state index is 11.9. The van der Waals surface area contributed by atoms with Crippen LogP contribution in [0.3, 0.4) is 0 Å². The minimum Gasteiger partial charge on any atom is -0.497 e. The Morgan fingerprint density at radius 1 is 1.27 bits per heavy atom. The second-order valence-electron chi connectivity index (χ2n) is 6.12. The molecule has 0 aromatic heterocycles. The maximum absolute atomic E-state index is 11.9. The maximum Gasteiger partial charge on any atom is 0.220 e. The van der Waals surface area contributed by atoms with E-state index in [0.29, 0.717) is 25.3 Å². The molecule has 0 heterocycles. The van der Waals surface area contributed by atoms with Crippen LogP contribution in [0.25, 0.3) is 0 Å². The van der Waals surface area contributed by atoms with E-state index in [1.54, 1.807) is 7.11 Å². The van der Waals surface area contributed by atoms with E-state index in [2.05, 4.69) is 5.32 Å². The molecular weight excluding hydrogens is 278 g/mol. The first-order chi connectivity index (χ1) is 10.7. The summed E-state index contributed by atoms with van der Waals surface area (Å²) in [4.78, 5) is 11.9. The van der Waals surface area contributed by atoms with Crippen LogP contribution in [0.2, 0.25) is 0 Å². The highest BCUT2D eigenvalue weighted by molar-refractivity contribution is 5.76. The highest BCUT2D eigenvalue weighted by atomic mass is 16.5. The number of methoxy groups -OCH3 is 1. The van der Waals surface area contributed by atoms with Crippen molar-refractivity contribution in [3.63, 3.8) is 0 Å². The van der Waals surface area contributed by atoms with Crippen LogP contribution in [0.1, 0.15) is 44.1 Å². The van der Waals surface area contributed by atoms with Gasteiger partial charge in [-0.1, -0.05) is 31.4 Å². The lowest BCUT2D eigenvalue weighted by molar-refractivity contribution is -0.121. The molecule has 1 aliphatic carbocycles. The Balaban J connectivity index is 1.66. The van der Waals surface area contributed by atoms with Crippen molar-refractivity contribution in [2.24, 2.45) is 5.92 Å². The number of aliphatic hydroxyl groups excluding tert-OH is 1. The molecule has 0 aliphatic heterocycles. The van der Waals surface area contributed by atoms with Crippen LogP contribution in [-0.2, 0) is 11.2 Å². The van der Waals surface area contributed by atoms with Crippen LogP contribution in [0.15, 0.2) is 24.3 Å². The van der Waals surface area contributed by atoms with Gasteiger partial charge in [0, 0.05) is 13.0 Å². The smallest absolute Gasteiger partial charge is 0.220 e. The lowest BCUT2D eigenvalue weighted by atomic mass is 9.85. The van der Waals surface area contributed by atoms with Crippen molar-refractivity contribution in [3.8, 4) is 5.75 Å². The van der Waals surface area contributed by atoms with Crippen LogP contribution in [0.4, 0.5) is 0 Å². The number of aliphatic hydroxyl groups is 1. The van der Waals surface area contributed by atoms with Crippen LogP contribution in [0, 0.1) is 5.92 Å². The first kappa shape index (κ1) is 16.8. The lowest BCUT2D eigenvalue weighted by Crippen LogP contribution is -2.37. The molecule has 4 nitrogen and oxygen atoms in total. The second-order valence-corrected chi connectivity index (χ2v) is 6.12. The topological polar surface area (TPSA) is 58.6 Å². The Morgan fingerprint density at radius 2 is 1.95 bits per heavy atom. The predicted octanol–water partition coefficient (Wildman–Crippen LogP) is 2.69. The van der Waals surface area contributed by atoms with Gasteiger partial charge in [-0.05, 0) is 42.9 Å². The van der Waals surface area contributed by atoms with Crippen LogP contribution in [0.5, 0.6) is 5.75 Å². The highest BCUT2D eigenvalue weighted by Crippen LogP contribution is 2.26. The third kappa shape index (κ3) is 5.34. The molecule has 1 fully saturated rings. The van der Waals surface area contributed by atoms with Crippen molar-refractivity contribution in [1.82, 2.24) is 5.32 Å². The van der Waals surface area contributed by atoms with Gasteiger partial charge in [0.1, 0.15) is 5.75 Å². The molecule has 122 valence electrons. The van der Waals surface area contributed by atoms with Gasteiger partial charge in [-0.15, -0.1) is 0 Å². The molecule has 4 heteroatoms. The normalized spacial score (nSPS) is 17.0. The summed E-state index contributed by atoms with van der Waals surface area (Å²) in [5.41, 5.74) is 1.11. The van der Waals surface area contributed by atoms with Gasteiger partial charge < -0.3 is 15.2 Å². The number of aryl methyl sites for hydroxylation is 1. The number of hydrogen-bond donors (Lipinski definition) is 2. The van der Waals surface area contributed by atoms with Crippen molar-refractivity contribution in [1.29, 1.82) is 0 Å². The van der Waals surface area contributed by atoms with Crippen molar-refractivity contribution >= 4 is 5.91 Å². The van der Waals surface area contributed by atoms with Gasteiger partial charge in [-0.3, -0.25) is 4.79 Å². The Labute approximate surface area is 132 Å². The Hall–Kier alpha value is -1.55. The molecule has 0 bridgehead atoms. The van der Waals surface area contributed by atoms with Gasteiger partial charge >= 0.3 is 0 Å². The largest absolute Gasteiger partial charge is 0.497 e. The van der Waals surface area contributed by atoms with Crippen molar-refractivity contribution in [2.45, 2.75) is 51.0 Å². The SMILES string of the molecule is COc1ccc(CCC(=O)NC[C@H](O)C2CCCCC2)cc1. The van der Waals surface area contributed by atoms with Crippen molar-refractivity contribution < 1.29 is 14.6 Å². The van der Waals surface area contributed by atoms with Crippen LogP contribution >= 0.6 is 0 Å². The predicted molar refractivity (Wildman–Crippen MR) is 86.9 cm³/mol. The molecule has 1 aliphatic rings. The Kier molecular flexibility index (Phi) is 6.72. The summed E-state index contributed by atoms with van der Waals surface area (Å²) in [5, 5.41) is 13.0. The molecule has 0 unspecified atom stereocenters. The lowest BCUT2D eigenvalue weighted by Gasteiger charge is -2.26. The molecule has 2 N–H and O–H groups in total. The van der Waals surface area contributed by atoms with E-state index in [-0.39, 0.29) is 5.91 Å². The number of rotatable bonds is 7. The molecule has 0 spiro atoms. The van der Waals surface area contributed by atoms with Gasteiger partial charge in [0.05, 0.1) is 13.2 Å². The number of carbonyl (C=O) groups excluding carboxylic acids is 1. The van der Waals surface area contributed by atoms with E-state index in [1.165, 1.54) is 19.3 Å². The average Bonchev–Trinajstić information content (AvgIpc) is 2.59. The number of amides is 1.